The first kappa shape index (κ1) is 12.7. The number of benzene rings is 1. The monoisotopic (exact) mass is 249 g/mol. The van der Waals surface area contributed by atoms with Crippen molar-refractivity contribution >= 4 is 0 Å². The first-order valence-electron chi connectivity index (χ1n) is 3.51. The third-order valence-corrected chi connectivity index (χ3v) is 1.65. The molecule has 0 aliphatic heterocycles. The summed E-state index contributed by atoms with van der Waals surface area (Å²) in [6, 6.07) is 0. The maximum absolute atomic E-state index is 12.7. The highest BCUT2D eigenvalue weighted by atomic mass is 19.3. The summed E-state index contributed by atoms with van der Waals surface area (Å²) < 4.78 is 88.1. The highest BCUT2D eigenvalue weighted by Gasteiger charge is 2.43. The molecule has 0 aliphatic carbocycles. The number of nitrogens with two attached hydrogens (primary N) is 1. The van der Waals surface area contributed by atoms with Crippen molar-refractivity contribution in [3.63, 3.8) is 0 Å². The van der Waals surface area contributed by atoms with Gasteiger partial charge in [-0.05, 0) is 0 Å². The molecule has 0 spiro atoms. The average molecular weight is 249 g/mol. The Morgan fingerprint density at radius 2 is 1.06 bits per heavy atom. The third-order valence-electron chi connectivity index (χ3n) is 1.65. The molecule has 0 atom stereocenters. The normalized spacial score (nSPS) is 12.0. The molecule has 0 aliphatic rings. The Labute approximate surface area is 83.4 Å². The molecule has 90 valence electrons. The van der Waals surface area contributed by atoms with E-state index in [0.29, 0.717) is 0 Å². The maximum atomic E-state index is 12.7. The lowest BCUT2D eigenvalue weighted by Crippen LogP contribution is -2.27. The van der Waals surface area contributed by atoms with E-state index in [9.17, 15) is 30.7 Å². The molecule has 0 fully saturated rings. The summed E-state index contributed by atoms with van der Waals surface area (Å²) in [7, 11) is 0. The van der Waals surface area contributed by atoms with Crippen molar-refractivity contribution in [3.8, 4) is 0 Å². The van der Waals surface area contributed by atoms with Gasteiger partial charge in [0.15, 0.2) is 23.3 Å². The van der Waals surface area contributed by atoms with Gasteiger partial charge in [-0.25, -0.2) is 32.7 Å². The van der Waals surface area contributed by atoms with Gasteiger partial charge in [0.1, 0.15) is 5.56 Å². The molecule has 0 heterocycles. The molecular formula is C7H2F7NO. The second kappa shape index (κ2) is 3.91. The smallest absolute Gasteiger partial charge is 0.231 e. The van der Waals surface area contributed by atoms with Crippen molar-refractivity contribution in [1.82, 2.24) is 0 Å². The number of hydrogen-bond acceptors (Lipinski definition) is 2. The number of alkyl halides is 2. The van der Waals surface area contributed by atoms with Gasteiger partial charge in [0.05, 0.1) is 0 Å². The highest BCUT2D eigenvalue weighted by Crippen LogP contribution is 2.35. The SMILES string of the molecule is NOC(F)(F)c1c(F)c(F)c(F)c(F)c1F. The zero-order chi connectivity index (χ0) is 12.7. The summed E-state index contributed by atoms with van der Waals surface area (Å²) >= 11 is 0. The minimum atomic E-state index is -4.83. The second-order valence-corrected chi connectivity index (χ2v) is 2.58. The van der Waals surface area contributed by atoms with Crippen molar-refractivity contribution in [2.75, 3.05) is 0 Å². The molecular weight excluding hydrogens is 247 g/mol. The summed E-state index contributed by atoms with van der Waals surface area (Å²) in [6.45, 7) is 0. The van der Waals surface area contributed by atoms with Gasteiger partial charge in [-0.3, -0.25) is 0 Å². The summed E-state index contributed by atoms with van der Waals surface area (Å²) in [6.07, 6.45) is -4.83. The first-order chi connectivity index (χ1) is 7.24. The van der Waals surface area contributed by atoms with Gasteiger partial charge >= 0.3 is 6.11 Å². The first-order valence-corrected chi connectivity index (χ1v) is 3.51. The van der Waals surface area contributed by atoms with Crippen LogP contribution in [-0.4, -0.2) is 0 Å². The fourth-order valence-electron chi connectivity index (χ4n) is 0.919. The van der Waals surface area contributed by atoms with Gasteiger partial charge in [0, 0.05) is 0 Å². The lowest BCUT2D eigenvalue weighted by atomic mass is 10.1. The average Bonchev–Trinajstić information content (AvgIpc) is 2.23. The van der Waals surface area contributed by atoms with Crippen molar-refractivity contribution in [3.05, 3.63) is 34.6 Å². The Morgan fingerprint density at radius 3 is 1.38 bits per heavy atom. The minimum absolute atomic E-state index is 2.44. The standard InChI is InChI=1S/C7H2F7NO/c8-2-1(7(13,14)16-15)3(9)5(11)6(12)4(2)10/h15H2. The lowest BCUT2D eigenvalue weighted by Gasteiger charge is -2.15. The van der Waals surface area contributed by atoms with E-state index in [-0.39, 0.29) is 0 Å². The van der Waals surface area contributed by atoms with Crippen LogP contribution in [0.15, 0.2) is 0 Å². The minimum Gasteiger partial charge on any atom is -0.231 e. The Hall–Kier alpha value is -1.35. The van der Waals surface area contributed by atoms with E-state index in [0.717, 1.165) is 0 Å². The van der Waals surface area contributed by atoms with Crippen LogP contribution in [0.3, 0.4) is 0 Å². The van der Waals surface area contributed by atoms with Gasteiger partial charge in [-0.15, -0.1) is 0 Å². The largest absolute Gasteiger partial charge is 0.404 e. The number of halogens is 7. The second-order valence-electron chi connectivity index (χ2n) is 2.58. The molecule has 0 aromatic heterocycles. The Kier molecular flexibility index (Phi) is 3.10. The predicted molar refractivity (Wildman–Crippen MR) is 35.4 cm³/mol. The van der Waals surface area contributed by atoms with E-state index in [1.807, 2.05) is 0 Å². The quantitative estimate of drug-likeness (QED) is 0.378. The van der Waals surface area contributed by atoms with Crippen molar-refractivity contribution in [2.24, 2.45) is 5.90 Å². The van der Waals surface area contributed by atoms with Crippen LogP contribution in [0.1, 0.15) is 5.56 Å². The zero-order valence-corrected chi connectivity index (χ0v) is 7.13. The van der Waals surface area contributed by atoms with Crippen LogP contribution in [0.4, 0.5) is 30.7 Å². The molecule has 0 saturated carbocycles. The molecule has 1 aromatic carbocycles. The fraction of sp³-hybridized carbons (Fsp3) is 0.143. The Bertz CT molecular complexity index is 404. The molecule has 0 bridgehead atoms. The van der Waals surface area contributed by atoms with Crippen molar-refractivity contribution in [1.29, 1.82) is 0 Å². The third kappa shape index (κ3) is 1.71. The predicted octanol–water partition coefficient (Wildman–Crippen LogP) is 2.32. The Balaban J connectivity index is 3.65. The van der Waals surface area contributed by atoms with E-state index in [2.05, 4.69) is 10.7 Å². The van der Waals surface area contributed by atoms with Crippen LogP contribution < -0.4 is 5.90 Å². The maximum Gasteiger partial charge on any atom is 0.404 e. The van der Waals surface area contributed by atoms with Crippen molar-refractivity contribution in [2.45, 2.75) is 6.11 Å². The van der Waals surface area contributed by atoms with Crippen LogP contribution in [0.2, 0.25) is 0 Å². The molecule has 0 amide bonds. The van der Waals surface area contributed by atoms with Gasteiger partial charge in [-0.2, -0.15) is 8.78 Å². The van der Waals surface area contributed by atoms with E-state index in [1.54, 1.807) is 0 Å². The molecule has 2 N–H and O–H groups in total. The van der Waals surface area contributed by atoms with Gasteiger partial charge in [0.2, 0.25) is 5.82 Å². The van der Waals surface area contributed by atoms with E-state index in [1.165, 1.54) is 0 Å². The van der Waals surface area contributed by atoms with Crippen LogP contribution in [0.5, 0.6) is 0 Å². The summed E-state index contributed by atoms with van der Waals surface area (Å²) in [5.41, 5.74) is -2.44. The summed E-state index contributed by atoms with van der Waals surface area (Å²) in [4.78, 5) is 2.87. The lowest BCUT2D eigenvalue weighted by molar-refractivity contribution is -0.256. The molecule has 0 radical (unpaired) electrons. The summed E-state index contributed by atoms with van der Waals surface area (Å²) in [5, 5.41) is 0. The topological polar surface area (TPSA) is 35.2 Å². The van der Waals surface area contributed by atoms with Crippen LogP contribution in [0.25, 0.3) is 0 Å². The van der Waals surface area contributed by atoms with Crippen molar-refractivity contribution < 1.29 is 35.6 Å². The molecule has 2 nitrogen and oxygen atoms in total. The number of rotatable bonds is 2. The van der Waals surface area contributed by atoms with Crippen LogP contribution in [-0.2, 0) is 10.9 Å². The zero-order valence-electron chi connectivity index (χ0n) is 7.13. The fourth-order valence-corrected chi connectivity index (χ4v) is 0.919. The Morgan fingerprint density at radius 1 is 0.750 bits per heavy atom. The van der Waals surface area contributed by atoms with E-state index < -0.39 is 40.8 Å². The molecule has 0 saturated heterocycles. The molecule has 1 rings (SSSR count). The van der Waals surface area contributed by atoms with Gasteiger partial charge in [0.25, 0.3) is 0 Å². The van der Waals surface area contributed by atoms with E-state index in [4.69, 9.17) is 0 Å². The molecule has 0 unspecified atom stereocenters. The van der Waals surface area contributed by atoms with E-state index >= 15 is 0 Å². The molecule has 16 heavy (non-hydrogen) atoms. The van der Waals surface area contributed by atoms with Crippen LogP contribution >= 0.6 is 0 Å². The van der Waals surface area contributed by atoms with Crippen LogP contribution in [0, 0.1) is 29.1 Å². The van der Waals surface area contributed by atoms with Gasteiger partial charge in [-0.1, -0.05) is 0 Å². The number of hydrogen-bond donors (Lipinski definition) is 1. The summed E-state index contributed by atoms with van der Waals surface area (Å²) in [5.74, 6) is -8.98. The van der Waals surface area contributed by atoms with Gasteiger partial charge < -0.3 is 0 Å². The molecule has 1 aromatic rings. The highest BCUT2D eigenvalue weighted by molar-refractivity contribution is 5.26. The molecule has 9 heteroatoms.